The van der Waals surface area contributed by atoms with E-state index < -0.39 is 21.0 Å². The standard InChI is InChI=1S/C25H35ClN2O4S/c1-16(2)27-22(30)25-12-17-9-18(13-25)11-24(10-17,15-25)14-21(29)23(3,4)28-33(31,32)20-8-6-5-7-19(20)26/h5-8,16-18,28H,9-15H2,1-4H3,(H,27,30). The summed E-state index contributed by atoms with van der Waals surface area (Å²) in [5.74, 6) is 0.904. The summed E-state index contributed by atoms with van der Waals surface area (Å²) < 4.78 is 28.5. The van der Waals surface area contributed by atoms with Crippen LogP contribution in [0.2, 0.25) is 5.02 Å². The van der Waals surface area contributed by atoms with Crippen molar-refractivity contribution in [2.24, 2.45) is 22.7 Å². The second-order valence-corrected chi connectivity index (χ2v) is 13.7. The average molecular weight is 495 g/mol. The molecule has 6 nitrogen and oxygen atoms in total. The number of benzene rings is 1. The van der Waals surface area contributed by atoms with E-state index in [4.69, 9.17) is 11.6 Å². The minimum atomic E-state index is -3.97. The lowest BCUT2D eigenvalue weighted by Gasteiger charge is -2.61. The first-order valence-corrected chi connectivity index (χ1v) is 13.7. The summed E-state index contributed by atoms with van der Waals surface area (Å²) in [4.78, 5) is 26.7. The second kappa shape index (κ2) is 8.35. The van der Waals surface area contributed by atoms with Crippen LogP contribution in [0.3, 0.4) is 0 Å². The van der Waals surface area contributed by atoms with Crippen molar-refractivity contribution in [3.8, 4) is 0 Å². The number of carbonyl (C=O) groups excluding carboxylic acids is 2. The highest BCUT2D eigenvalue weighted by molar-refractivity contribution is 7.89. The molecular formula is C25H35ClN2O4S. The summed E-state index contributed by atoms with van der Waals surface area (Å²) in [5, 5.41) is 3.25. The average Bonchev–Trinajstić information content (AvgIpc) is 2.65. The van der Waals surface area contributed by atoms with Crippen molar-refractivity contribution in [2.45, 2.75) is 89.1 Å². The summed E-state index contributed by atoms with van der Waals surface area (Å²) in [7, 11) is -3.97. The Morgan fingerprint density at radius 1 is 1.12 bits per heavy atom. The fourth-order valence-electron chi connectivity index (χ4n) is 7.01. The first-order valence-electron chi connectivity index (χ1n) is 11.9. The Hall–Kier alpha value is -1.44. The summed E-state index contributed by atoms with van der Waals surface area (Å²) in [6, 6.07) is 6.30. The van der Waals surface area contributed by atoms with Crippen LogP contribution in [-0.2, 0) is 19.6 Å². The fraction of sp³-hybridized carbons (Fsp3) is 0.680. The van der Waals surface area contributed by atoms with E-state index in [9.17, 15) is 18.0 Å². The van der Waals surface area contributed by atoms with Crippen LogP contribution < -0.4 is 10.0 Å². The van der Waals surface area contributed by atoms with Gasteiger partial charge in [0.15, 0.2) is 5.78 Å². The lowest BCUT2D eigenvalue weighted by atomic mass is 9.43. The molecule has 2 N–H and O–H groups in total. The summed E-state index contributed by atoms with van der Waals surface area (Å²) in [5.41, 5.74) is -1.91. The number of hydrogen-bond donors (Lipinski definition) is 2. The van der Waals surface area contributed by atoms with Crippen LogP contribution >= 0.6 is 11.6 Å². The minimum Gasteiger partial charge on any atom is -0.353 e. The van der Waals surface area contributed by atoms with Crippen LogP contribution in [0.4, 0.5) is 0 Å². The van der Waals surface area contributed by atoms with E-state index in [0.717, 1.165) is 32.1 Å². The van der Waals surface area contributed by atoms with E-state index in [0.29, 0.717) is 18.3 Å². The molecular weight excluding hydrogens is 460 g/mol. The molecule has 0 spiro atoms. The predicted octanol–water partition coefficient (Wildman–Crippen LogP) is 4.47. The zero-order valence-corrected chi connectivity index (χ0v) is 21.5. The molecule has 182 valence electrons. The maximum absolute atomic E-state index is 13.5. The first kappa shape index (κ1) is 24.7. The molecule has 4 saturated carbocycles. The number of ketones is 1. The molecule has 0 heterocycles. The van der Waals surface area contributed by atoms with Gasteiger partial charge in [0.05, 0.1) is 16.0 Å². The van der Waals surface area contributed by atoms with E-state index in [1.54, 1.807) is 26.0 Å². The monoisotopic (exact) mass is 494 g/mol. The van der Waals surface area contributed by atoms with Gasteiger partial charge >= 0.3 is 0 Å². The molecule has 0 saturated heterocycles. The maximum atomic E-state index is 13.5. The van der Waals surface area contributed by atoms with Crippen LogP contribution in [0.1, 0.15) is 72.6 Å². The van der Waals surface area contributed by atoms with Gasteiger partial charge in [0.25, 0.3) is 0 Å². The fourth-order valence-corrected chi connectivity index (χ4v) is 8.93. The Morgan fingerprint density at radius 3 is 2.30 bits per heavy atom. The molecule has 2 atom stereocenters. The Bertz CT molecular complexity index is 1050. The van der Waals surface area contributed by atoms with E-state index in [2.05, 4.69) is 10.0 Å². The van der Waals surface area contributed by atoms with Crippen molar-refractivity contribution < 1.29 is 18.0 Å². The minimum absolute atomic E-state index is 0.0355. The van der Waals surface area contributed by atoms with Crippen molar-refractivity contribution in [3.05, 3.63) is 29.3 Å². The number of halogens is 1. The molecule has 4 aliphatic carbocycles. The SMILES string of the molecule is CC(C)NC(=O)C12CC3CC(CC(CC(=O)C(C)(C)NS(=O)(=O)c4ccccc4Cl)(C3)C1)C2. The number of carbonyl (C=O) groups is 2. The molecule has 5 rings (SSSR count). The van der Waals surface area contributed by atoms with Crippen LogP contribution in [-0.4, -0.2) is 31.7 Å². The number of rotatable bonds is 8. The number of Topliss-reactive ketones (excluding diaryl/α,β-unsaturated/α-hetero) is 1. The third kappa shape index (κ3) is 4.73. The van der Waals surface area contributed by atoms with Gasteiger partial charge in [0, 0.05) is 12.5 Å². The maximum Gasteiger partial charge on any atom is 0.242 e. The molecule has 1 amide bonds. The molecule has 4 aliphatic rings. The van der Waals surface area contributed by atoms with Crippen molar-refractivity contribution in [1.29, 1.82) is 0 Å². The quantitative estimate of drug-likeness (QED) is 0.557. The van der Waals surface area contributed by atoms with Crippen LogP contribution in [0.15, 0.2) is 29.2 Å². The van der Waals surface area contributed by atoms with E-state index >= 15 is 0 Å². The number of sulfonamides is 1. The largest absolute Gasteiger partial charge is 0.353 e. The van der Waals surface area contributed by atoms with Crippen molar-refractivity contribution in [1.82, 2.24) is 10.0 Å². The molecule has 4 bridgehead atoms. The molecule has 33 heavy (non-hydrogen) atoms. The second-order valence-electron chi connectivity index (χ2n) is 11.6. The zero-order chi connectivity index (χ0) is 24.2. The summed E-state index contributed by atoms with van der Waals surface area (Å²) in [6.07, 6.45) is 5.83. The Kier molecular flexibility index (Phi) is 6.24. The van der Waals surface area contributed by atoms with Gasteiger partial charge in [-0.15, -0.1) is 0 Å². The highest BCUT2D eigenvalue weighted by Crippen LogP contribution is 2.66. The third-order valence-electron chi connectivity index (χ3n) is 7.83. The molecule has 1 aromatic carbocycles. The van der Waals surface area contributed by atoms with Crippen LogP contribution in [0.25, 0.3) is 0 Å². The number of hydrogen-bond acceptors (Lipinski definition) is 4. The van der Waals surface area contributed by atoms with Gasteiger partial charge in [-0.3, -0.25) is 9.59 Å². The van der Waals surface area contributed by atoms with Gasteiger partial charge in [-0.25, -0.2) is 8.42 Å². The molecule has 0 aromatic heterocycles. The number of nitrogens with one attached hydrogen (secondary N) is 2. The molecule has 8 heteroatoms. The first-order chi connectivity index (χ1) is 15.3. The normalized spacial score (nSPS) is 31.1. The highest BCUT2D eigenvalue weighted by Gasteiger charge is 2.61. The van der Waals surface area contributed by atoms with Gasteiger partial charge in [-0.1, -0.05) is 23.7 Å². The molecule has 4 fully saturated rings. The predicted molar refractivity (Wildman–Crippen MR) is 128 cm³/mol. The lowest BCUT2D eigenvalue weighted by molar-refractivity contribution is -0.162. The smallest absolute Gasteiger partial charge is 0.242 e. The molecule has 2 unspecified atom stereocenters. The van der Waals surface area contributed by atoms with Gasteiger partial charge in [-0.05, 0) is 95.6 Å². The zero-order valence-electron chi connectivity index (χ0n) is 19.9. The Labute approximate surface area is 202 Å². The molecule has 0 radical (unpaired) electrons. The van der Waals surface area contributed by atoms with E-state index in [1.807, 2.05) is 13.8 Å². The van der Waals surface area contributed by atoms with E-state index in [1.165, 1.54) is 12.1 Å². The summed E-state index contributed by atoms with van der Waals surface area (Å²) >= 11 is 6.10. The summed E-state index contributed by atoms with van der Waals surface area (Å²) in [6.45, 7) is 7.19. The van der Waals surface area contributed by atoms with Crippen molar-refractivity contribution in [2.75, 3.05) is 0 Å². The Morgan fingerprint density at radius 2 is 1.73 bits per heavy atom. The van der Waals surface area contributed by atoms with Gasteiger partial charge in [-0.2, -0.15) is 4.72 Å². The van der Waals surface area contributed by atoms with E-state index in [-0.39, 0.29) is 39.5 Å². The van der Waals surface area contributed by atoms with Gasteiger partial charge in [0.1, 0.15) is 4.90 Å². The van der Waals surface area contributed by atoms with Crippen LogP contribution in [0.5, 0.6) is 0 Å². The van der Waals surface area contributed by atoms with Gasteiger partial charge in [0.2, 0.25) is 15.9 Å². The van der Waals surface area contributed by atoms with Crippen molar-refractivity contribution in [3.63, 3.8) is 0 Å². The van der Waals surface area contributed by atoms with Gasteiger partial charge < -0.3 is 5.32 Å². The Balaban J connectivity index is 1.54. The van der Waals surface area contributed by atoms with Crippen LogP contribution in [0, 0.1) is 22.7 Å². The molecule has 0 aliphatic heterocycles. The molecule has 1 aromatic rings. The third-order valence-corrected chi connectivity index (χ3v) is 9.99. The topological polar surface area (TPSA) is 92.3 Å². The lowest BCUT2D eigenvalue weighted by Crippen LogP contribution is -2.60. The number of amides is 1. The highest BCUT2D eigenvalue weighted by atomic mass is 35.5. The van der Waals surface area contributed by atoms with Crippen molar-refractivity contribution >= 4 is 33.3 Å².